The van der Waals surface area contributed by atoms with Crippen LogP contribution in [0.25, 0.3) is 33.5 Å². The Balaban J connectivity index is 1.31. The SMILES string of the molecule is COc1cccc2oc(-c3nc4ccccc4c(=O)n3N=Cc3cc(Cl)c(OCC(=O)Nc4cccc(F)c4)c(Br)c3)cc12. The summed E-state index contributed by atoms with van der Waals surface area (Å²) >= 11 is 9.91. The van der Waals surface area contributed by atoms with E-state index in [4.69, 9.17) is 30.5 Å². The molecule has 0 radical (unpaired) electrons. The number of hydrogen-bond donors (Lipinski definition) is 1. The van der Waals surface area contributed by atoms with E-state index in [0.717, 1.165) is 10.1 Å². The Labute approximate surface area is 262 Å². The van der Waals surface area contributed by atoms with E-state index in [1.165, 1.54) is 24.4 Å². The quantitative estimate of drug-likeness (QED) is 0.170. The second kappa shape index (κ2) is 12.3. The minimum absolute atomic E-state index is 0.188. The Hall–Kier alpha value is -5.00. The molecule has 44 heavy (non-hydrogen) atoms. The summed E-state index contributed by atoms with van der Waals surface area (Å²) in [6, 6.07) is 22.9. The molecule has 9 nitrogen and oxygen atoms in total. The number of amides is 1. The number of carbonyl (C=O) groups excluding carboxylic acids is 1. The summed E-state index contributed by atoms with van der Waals surface area (Å²) in [5.74, 6) is 0.381. The number of benzene rings is 4. The second-order valence-corrected chi connectivity index (χ2v) is 10.7. The number of nitrogens with zero attached hydrogens (tertiary/aromatic N) is 3. The molecule has 12 heteroatoms. The Bertz CT molecular complexity index is 2120. The molecule has 6 aromatic rings. The van der Waals surface area contributed by atoms with Gasteiger partial charge in [0.2, 0.25) is 5.82 Å². The van der Waals surface area contributed by atoms with E-state index < -0.39 is 17.3 Å². The van der Waals surface area contributed by atoms with Gasteiger partial charge in [0.1, 0.15) is 17.1 Å². The number of hydrogen-bond acceptors (Lipinski definition) is 7. The molecule has 0 aliphatic rings. The summed E-state index contributed by atoms with van der Waals surface area (Å²) in [5, 5.41) is 8.31. The molecule has 2 heterocycles. The maximum Gasteiger partial charge on any atom is 0.282 e. The minimum atomic E-state index is -0.497. The van der Waals surface area contributed by atoms with Gasteiger partial charge in [-0.1, -0.05) is 35.9 Å². The first-order chi connectivity index (χ1) is 21.3. The third kappa shape index (κ3) is 5.92. The lowest BCUT2D eigenvalue weighted by Gasteiger charge is -2.11. The number of carbonyl (C=O) groups is 1. The van der Waals surface area contributed by atoms with Crippen LogP contribution in [-0.2, 0) is 4.79 Å². The van der Waals surface area contributed by atoms with Crippen molar-refractivity contribution in [3.8, 4) is 23.1 Å². The number of halogens is 3. The Morgan fingerprint density at radius 2 is 1.91 bits per heavy atom. The van der Waals surface area contributed by atoms with Gasteiger partial charge in [0.25, 0.3) is 11.5 Å². The fraction of sp³-hybridized carbons (Fsp3) is 0.0625. The molecule has 0 aliphatic heterocycles. The van der Waals surface area contributed by atoms with Crippen LogP contribution >= 0.6 is 27.5 Å². The lowest BCUT2D eigenvalue weighted by atomic mass is 10.2. The van der Waals surface area contributed by atoms with Crippen molar-refractivity contribution in [1.29, 1.82) is 0 Å². The highest BCUT2D eigenvalue weighted by Gasteiger charge is 2.18. The zero-order valence-corrected chi connectivity index (χ0v) is 25.2. The molecular formula is C32H21BrClFN4O5. The zero-order valence-electron chi connectivity index (χ0n) is 22.9. The van der Waals surface area contributed by atoms with Gasteiger partial charge >= 0.3 is 0 Å². The van der Waals surface area contributed by atoms with Crippen LogP contribution in [0, 0.1) is 5.82 Å². The van der Waals surface area contributed by atoms with Gasteiger partial charge in [-0.3, -0.25) is 9.59 Å². The Kier molecular flexibility index (Phi) is 8.14. The summed E-state index contributed by atoms with van der Waals surface area (Å²) in [4.78, 5) is 30.6. The van der Waals surface area contributed by atoms with Gasteiger partial charge in [0, 0.05) is 5.69 Å². The van der Waals surface area contributed by atoms with Crippen LogP contribution in [0.2, 0.25) is 5.02 Å². The van der Waals surface area contributed by atoms with Crippen molar-refractivity contribution in [2.45, 2.75) is 0 Å². The molecule has 6 rings (SSSR count). The number of methoxy groups -OCH3 is 1. The van der Waals surface area contributed by atoms with Crippen molar-refractivity contribution in [2.75, 3.05) is 19.0 Å². The van der Waals surface area contributed by atoms with Crippen LogP contribution in [0.5, 0.6) is 11.5 Å². The number of nitrogens with one attached hydrogen (secondary N) is 1. The van der Waals surface area contributed by atoms with Crippen LogP contribution in [0.4, 0.5) is 10.1 Å². The molecule has 0 fully saturated rings. The number of anilines is 1. The van der Waals surface area contributed by atoms with E-state index >= 15 is 0 Å². The lowest BCUT2D eigenvalue weighted by molar-refractivity contribution is -0.118. The number of aromatic nitrogens is 2. The van der Waals surface area contributed by atoms with Crippen LogP contribution in [0.3, 0.4) is 0 Å². The molecule has 0 saturated heterocycles. The van der Waals surface area contributed by atoms with Gasteiger partial charge in [-0.25, -0.2) is 9.37 Å². The molecule has 0 bridgehead atoms. The molecule has 0 unspecified atom stereocenters. The molecule has 0 atom stereocenters. The Morgan fingerprint density at radius 3 is 2.70 bits per heavy atom. The lowest BCUT2D eigenvalue weighted by Crippen LogP contribution is -2.20. The van der Waals surface area contributed by atoms with E-state index in [1.807, 2.05) is 6.07 Å². The monoisotopic (exact) mass is 674 g/mol. The third-order valence-corrected chi connectivity index (χ3v) is 7.38. The van der Waals surface area contributed by atoms with Gasteiger partial charge in [-0.15, -0.1) is 0 Å². The molecule has 1 N–H and O–H groups in total. The van der Waals surface area contributed by atoms with Crippen molar-refractivity contribution >= 4 is 67.2 Å². The van der Waals surface area contributed by atoms with E-state index in [-0.39, 0.29) is 23.2 Å². The molecule has 0 aliphatic carbocycles. The first-order valence-electron chi connectivity index (χ1n) is 13.1. The summed E-state index contributed by atoms with van der Waals surface area (Å²) in [6.07, 6.45) is 1.45. The fourth-order valence-corrected chi connectivity index (χ4v) is 5.52. The average Bonchev–Trinajstić information content (AvgIpc) is 3.45. The van der Waals surface area contributed by atoms with Crippen LogP contribution in [0.15, 0.2) is 104 Å². The maximum absolute atomic E-state index is 13.6. The van der Waals surface area contributed by atoms with Crippen molar-refractivity contribution in [1.82, 2.24) is 9.66 Å². The predicted octanol–water partition coefficient (Wildman–Crippen LogP) is 7.27. The number of fused-ring (bicyclic) bond motifs is 2. The van der Waals surface area contributed by atoms with Crippen molar-refractivity contribution in [2.24, 2.45) is 5.10 Å². The standard InChI is InChI=1S/C32H21BrClFN4O5/c1-42-26-10-5-11-27-22(26)15-28(44-27)31-38-25-9-3-2-8-21(25)32(41)39(31)36-16-18-12-23(33)30(24(34)13-18)43-17-29(40)37-20-7-4-6-19(35)14-20/h2-16H,17H2,1H3,(H,37,40). The van der Waals surface area contributed by atoms with Crippen molar-refractivity contribution in [3.05, 3.63) is 116 Å². The fourth-order valence-electron chi connectivity index (χ4n) is 4.53. The van der Waals surface area contributed by atoms with Crippen LogP contribution < -0.4 is 20.3 Å². The second-order valence-electron chi connectivity index (χ2n) is 9.46. The zero-order chi connectivity index (χ0) is 30.8. The average molecular weight is 676 g/mol. The van der Waals surface area contributed by atoms with Crippen LogP contribution in [0.1, 0.15) is 5.56 Å². The van der Waals surface area contributed by atoms with Gasteiger partial charge in [-0.05, 0) is 82.2 Å². The topological polar surface area (TPSA) is 108 Å². The molecule has 4 aromatic carbocycles. The first kappa shape index (κ1) is 29.1. The molecule has 220 valence electrons. The first-order valence-corrected chi connectivity index (χ1v) is 14.3. The van der Waals surface area contributed by atoms with Gasteiger partial charge in [0.05, 0.1) is 39.1 Å². The molecule has 1 amide bonds. The smallest absolute Gasteiger partial charge is 0.282 e. The van der Waals surface area contributed by atoms with E-state index in [9.17, 15) is 14.0 Å². The van der Waals surface area contributed by atoms with E-state index in [0.29, 0.717) is 43.7 Å². The van der Waals surface area contributed by atoms with E-state index in [2.05, 4.69) is 26.3 Å². The highest BCUT2D eigenvalue weighted by Crippen LogP contribution is 2.35. The highest BCUT2D eigenvalue weighted by atomic mass is 79.9. The Morgan fingerprint density at radius 1 is 1.09 bits per heavy atom. The molecule has 0 spiro atoms. The molecule has 0 saturated carbocycles. The number of furan rings is 1. The summed E-state index contributed by atoms with van der Waals surface area (Å²) < 4.78 is 32.2. The number of rotatable bonds is 8. The summed E-state index contributed by atoms with van der Waals surface area (Å²) in [5.41, 5.74) is 1.47. The molecular weight excluding hydrogens is 655 g/mol. The summed E-state index contributed by atoms with van der Waals surface area (Å²) in [7, 11) is 1.57. The summed E-state index contributed by atoms with van der Waals surface area (Å²) in [6.45, 7) is -0.369. The maximum atomic E-state index is 13.6. The van der Waals surface area contributed by atoms with Crippen LogP contribution in [-0.4, -0.2) is 35.5 Å². The predicted molar refractivity (Wildman–Crippen MR) is 170 cm³/mol. The number of ether oxygens (including phenoxy) is 2. The normalized spacial score (nSPS) is 11.4. The number of para-hydroxylation sites is 1. The van der Waals surface area contributed by atoms with Gasteiger partial charge < -0.3 is 19.2 Å². The van der Waals surface area contributed by atoms with E-state index in [1.54, 1.807) is 67.8 Å². The highest BCUT2D eigenvalue weighted by molar-refractivity contribution is 9.10. The molecule has 2 aromatic heterocycles. The van der Waals surface area contributed by atoms with Crippen molar-refractivity contribution in [3.63, 3.8) is 0 Å². The van der Waals surface area contributed by atoms with Gasteiger partial charge in [-0.2, -0.15) is 9.78 Å². The van der Waals surface area contributed by atoms with Gasteiger partial charge in [0.15, 0.2) is 18.1 Å². The van der Waals surface area contributed by atoms with Crippen molar-refractivity contribution < 1.29 is 23.1 Å². The largest absolute Gasteiger partial charge is 0.496 e. The third-order valence-electron chi connectivity index (χ3n) is 6.51. The minimum Gasteiger partial charge on any atom is -0.496 e.